The monoisotopic (exact) mass is 353 g/mol. The summed E-state index contributed by atoms with van der Waals surface area (Å²) in [6, 6.07) is 6.93. The third-order valence-electron chi connectivity index (χ3n) is 3.47. The minimum Gasteiger partial charge on any atom is -0.494 e. The number of rotatable bonds is 8. The Balaban J connectivity index is 1.53. The molecule has 3 rings (SSSR count). The smallest absolute Gasteiger partial charge is 0.251 e. The third kappa shape index (κ3) is 4.61. The Morgan fingerprint density at radius 2 is 2.08 bits per heavy atom. The summed E-state index contributed by atoms with van der Waals surface area (Å²) in [6.07, 6.45) is 5.50. The zero-order valence-electron chi connectivity index (χ0n) is 14.1. The maximum absolute atomic E-state index is 12.2. The van der Waals surface area contributed by atoms with Crippen LogP contribution in [0.3, 0.4) is 0 Å². The van der Waals surface area contributed by atoms with Gasteiger partial charge >= 0.3 is 0 Å². The van der Waals surface area contributed by atoms with Gasteiger partial charge in [-0.2, -0.15) is 5.10 Å². The molecule has 0 saturated heterocycles. The first-order valence-electron chi connectivity index (χ1n) is 8.15. The molecule has 0 aliphatic carbocycles. The van der Waals surface area contributed by atoms with E-state index in [4.69, 9.17) is 10.5 Å². The number of aromatic nitrogens is 5. The zero-order valence-corrected chi connectivity index (χ0v) is 14.1. The van der Waals surface area contributed by atoms with Crippen molar-refractivity contribution in [1.82, 2.24) is 30.5 Å². The molecule has 0 aliphatic heterocycles. The first-order valence-corrected chi connectivity index (χ1v) is 8.15. The molecule has 0 aliphatic rings. The summed E-state index contributed by atoms with van der Waals surface area (Å²) in [5.74, 6) is 1.46. The second-order valence-electron chi connectivity index (χ2n) is 5.39. The molecule has 3 aromatic rings. The van der Waals surface area contributed by atoms with Crippen molar-refractivity contribution >= 4 is 5.91 Å². The number of aromatic amines is 1. The molecule has 4 N–H and O–H groups in total. The molecule has 0 radical (unpaired) electrons. The normalized spacial score (nSPS) is 10.5. The van der Waals surface area contributed by atoms with Crippen LogP contribution in [0.15, 0.2) is 42.9 Å². The number of hydrogen-bond donors (Lipinski definition) is 3. The van der Waals surface area contributed by atoms with E-state index < -0.39 is 0 Å². The lowest BCUT2D eigenvalue weighted by atomic mass is 10.2. The molecule has 0 unspecified atom stereocenters. The van der Waals surface area contributed by atoms with E-state index in [-0.39, 0.29) is 12.5 Å². The predicted octanol–water partition coefficient (Wildman–Crippen LogP) is 0.919. The largest absolute Gasteiger partial charge is 0.494 e. The van der Waals surface area contributed by atoms with E-state index in [0.29, 0.717) is 41.8 Å². The van der Waals surface area contributed by atoms with Gasteiger partial charge in [-0.05, 0) is 37.2 Å². The van der Waals surface area contributed by atoms with Crippen molar-refractivity contribution < 1.29 is 9.53 Å². The highest BCUT2D eigenvalue weighted by Gasteiger charge is 2.10. The van der Waals surface area contributed by atoms with Crippen molar-refractivity contribution in [3.8, 4) is 17.3 Å². The van der Waals surface area contributed by atoms with Gasteiger partial charge in [-0.25, -0.2) is 9.97 Å². The first-order chi connectivity index (χ1) is 12.8. The molecule has 1 amide bonds. The molecule has 0 atom stereocenters. The summed E-state index contributed by atoms with van der Waals surface area (Å²) in [5.41, 5.74) is 6.51. The van der Waals surface area contributed by atoms with E-state index >= 15 is 0 Å². The van der Waals surface area contributed by atoms with E-state index in [1.54, 1.807) is 42.9 Å². The van der Waals surface area contributed by atoms with E-state index in [1.165, 1.54) is 0 Å². The van der Waals surface area contributed by atoms with Crippen molar-refractivity contribution in [3.05, 3.63) is 54.2 Å². The van der Waals surface area contributed by atoms with Crippen LogP contribution in [0.25, 0.3) is 11.5 Å². The number of H-pyrrole nitrogens is 1. The van der Waals surface area contributed by atoms with E-state index in [2.05, 4.69) is 30.5 Å². The minimum atomic E-state index is -0.212. The Bertz CT molecular complexity index is 834. The van der Waals surface area contributed by atoms with Gasteiger partial charge in [-0.15, -0.1) is 0 Å². The van der Waals surface area contributed by atoms with Crippen LogP contribution < -0.4 is 15.8 Å². The number of nitrogens with zero attached hydrogens (tertiary/aromatic N) is 4. The number of carbonyl (C=O) groups is 1. The van der Waals surface area contributed by atoms with Crippen LogP contribution in [0.4, 0.5) is 0 Å². The van der Waals surface area contributed by atoms with Gasteiger partial charge in [0.05, 0.1) is 19.3 Å². The first kappa shape index (κ1) is 17.5. The second kappa shape index (κ2) is 8.67. The highest BCUT2D eigenvalue weighted by molar-refractivity contribution is 5.94. The number of benzene rings is 1. The number of carbonyl (C=O) groups excluding carboxylic acids is 1. The van der Waals surface area contributed by atoms with Crippen LogP contribution in [-0.2, 0) is 6.54 Å². The lowest BCUT2D eigenvalue weighted by Crippen LogP contribution is -2.23. The van der Waals surface area contributed by atoms with E-state index in [9.17, 15) is 4.79 Å². The van der Waals surface area contributed by atoms with Crippen molar-refractivity contribution in [2.45, 2.75) is 13.0 Å². The Hall–Kier alpha value is -3.33. The van der Waals surface area contributed by atoms with Crippen LogP contribution >= 0.6 is 0 Å². The molecule has 0 fully saturated rings. The van der Waals surface area contributed by atoms with Gasteiger partial charge in [0, 0.05) is 18.0 Å². The van der Waals surface area contributed by atoms with Crippen LogP contribution in [-0.4, -0.2) is 44.2 Å². The summed E-state index contributed by atoms with van der Waals surface area (Å²) in [5, 5.41) is 9.63. The molecule has 2 heterocycles. The quantitative estimate of drug-likeness (QED) is 0.513. The number of ether oxygens (including phenoxy) is 1. The van der Waals surface area contributed by atoms with Crippen molar-refractivity contribution in [2.24, 2.45) is 5.73 Å². The maximum Gasteiger partial charge on any atom is 0.251 e. The SMILES string of the molecule is NCCCOc1ccc(C(=O)NCc2nc(-c3cnccn3)n[nH]2)cc1. The van der Waals surface area contributed by atoms with Crippen LogP contribution in [0.2, 0.25) is 0 Å². The molecule has 0 spiro atoms. The number of nitrogens with two attached hydrogens (primary N) is 1. The Labute approximate surface area is 150 Å². The van der Waals surface area contributed by atoms with Gasteiger partial charge in [0.1, 0.15) is 17.3 Å². The fourth-order valence-electron chi connectivity index (χ4n) is 2.15. The van der Waals surface area contributed by atoms with Gasteiger partial charge in [-0.3, -0.25) is 14.9 Å². The number of nitrogens with one attached hydrogen (secondary N) is 2. The van der Waals surface area contributed by atoms with Gasteiger partial charge in [0.2, 0.25) is 5.82 Å². The standard InChI is InChI=1S/C17H19N7O2/c18-6-1-9-26-13-4-2-12(3-5-13)17(25)21-11-15-22-16(24-23-15)14-10-19-7-8-20-14/h2-5,7-8,10H,1,6,9,11,18H2,(H,21,25)(H,22,23,24). The van der Waals surface area contributed by atoms with Crippen LogP contribution in [0.1, 0.15) is 22.6 Å². The molecular formula is C17H19N7O2. The highest BCUT2D eigenvalue weighted by Crippen LogP contribution is 2.13. The fourth-order valence-corrected chi connectivity index (χ4v) is 2.15. The average molecular weight is 353 g/mol. The molecule has 0 saturated carbocycles. The summed E-state index contributed by atoms with van der Waals surface area (Å²) in [4.78, 5) is 24.6. The van der Waals surface area contributed by atoms with Crippen molar-refractivity contribution in [1.29, 1.82) is 0 Å². The maximum atomic E-state index is 12.2. The second-order valence-corrected chi connectivity index (χ2v) is 5.39. The fraction of sp³-hybridized carbons (Fsp3) is 0.235. The van der Waals surface area contributed by atoms with Gasteiger partial charge in [-0.1, -0.05) is 0 Å². The Morgan fingerprint density at radius 1 is 1.23 bits per heavy atom. The summed E-state index contributed by atoms with van der Waals surface area (Å²) in [6.45, 7) is 1.36. The Kier molecular flexibility index (Phi) is 5.84. The van der Waals surface area contributed by atoms with E-state index in [1.807, 2.05) is 0 Å². The number of hydrogen-bond acceptors (Lipinski definition) is 7. The third-order valence-corrected chi connectivity index (χ3v) is 3.47. The van der Waals surface area contributed by atoms with Crippen LogP contribution in [0.5, 0.6) is 5.75 Å². The van der Waals surface area contributed by atoms with Crippen molar-refractivity contribution in [3.63, 3.8) is 0 Å². The molecule has 9 nitrogen and oxygen atoms in total. The molecule has 26 heavy (non-hydrogen) atoms. The van der Waals surface area contributed by atoms with Gasteiger partial charge < -0.3 is 15.8 Å². The van der Waals surface area contributed by atoms with E-state index in [0.717, 1.165) is 6.42 Å². The number of amides is 1. The molecule has 1 aromatic carbocycles. The van der Waals surface area contributed by atoms with Crippen LogP contribution in [0, 0.1) is 0 Å². The summed E-state index contributed by atoms with van der Waals surface area (Å²) >= 11 is 0. The lowest BCUT2D eigenvalue weighted by Gasteiger charge is -2.07. The Morgan fingerprint density at radius 3 is 2.81 bits per heavy atom. The average Bonchev–Trinajstić information content (AvgIpc) is 3.17. The predicted molar refractivity (Wildman–Crippen MR) is 94.2 cm³/mol. The highest BCUT2D eigenvalue weighted by atomic mass is 16.5. The molecule has 134 valence electrons. The molecule has 9 heteroatoms. The van der Waals surface area contributed by atoms with Crippen molar-refractivity contribution in [2.75, 3.05) is 13.2 Å². The lowest BCUT2D eigenvalue weighted by molar-refractivity contribution is 0.0950. The molecule has 0 bridgehead atoms. The summed E-state index contributed by atoms with van der Waals surface area (Å²) < 4.78 is 5.51. The molecular weight excluding hydrogens is 334 g/mol. The topological polar surface area (TPSA) is 132 Å². The zero-order chi connectivity index (χ0) is 18.2. The molecule has 2 aromatic heterocycles. The van der Waals surface area contributed by atoms with Gasteiger partial charge in [0.15, 0.2) is 0 Å². The van der Waals surface area contributed by atoms with Gasteiger partial charge in [0.25, 0.3) is 5.91 Å². The summed E-state index contributed by atoms with van der Waals surface area (Å²) in [7, 11) is 0. The minimum absolute atomic E-state index is 0.212.